The van der Waals surface area contributed by atoms with E-state index in [1.54, 1.807) is 0 Å². The van der Waals surface area contributed by atoms with Gasteiger partial charge in [-0.25, -0.2) is 0 Å². The van der Waals surface area contributed by atoms with Gasteiger partial charge in [-0.15, -0.1) is 0 Å². The summed E-state index contributed by atoms with van der Waals surface area (Å²) in [7, 11) is 0. The normalized spacial score (nSPS) is 66.0. The summed E-state index contributed by atoms with van der Waals surface area (Å²) in [5.74, 6) is 0. The first kappa shape index (κ1) is 13.9. The van der Waals surface area contributed by atoms with E-state index in [1.165, 1.54) is 0 Å². The lowest BCUT2D eigenvalue weighted by Crippen LogP contribution is -2.10. The van der Waals surface area contributed by atoms with E-state index in [0.717, 1.165) is 38.5 Å². The van der Waals surface area contributed by atoms with Gasteiger partial charge in [-0.1, -0.05) is 0 Å². The number of ether oxygens (including phenoxy) is 6. The van der Waals surface area contributed by atoms with Crippen LogP contribution in [0.2, 0.25) is 0 Å². The van der Waals surface area contributed by atoms with Crippen LogP contribution in [0.15, 0.2) is 0 Å². The Morgan fingerprint density at radius 2 is 0.375 bits per heavy atom. The maximum atomic E-state index is 5.83. The molecule has 0 amide bonds. The molecule has 0 N–H and O–H groups in total. The van der Waals surface area contributed by atoms with E-state index in [-0.39, 0.29) is 0 Å². The molecule has 6 heteroatoms. The van der Waals surface area contributed by atoms with Crippen LogP contribution in [0.25, 0.3) is 0 Å². The smallest absolute Gasteiger partial charge is 0.0868 e. The number of hydrogen-bond acceptors (Lipinski definition) is 6. The molecule has 6 nitrogen and oxygen atoms in total. The molecule has 0 bridgehead atoms. The third-order valence-electron chi connectivity index (χ3n) is 6.91. The second-order valence-corrected chi connectivity index (χ2v) is 8.69. The van der Waals surface area contributed by atoms with E-state index in [2.05, 4.69) is 0 Å². The van der Waals surface area contributed by atoms with Crippen LogP contribution in [0, 0.1) is 0 Å². The first-order chi connectivity index (χ1) is 11.8. The molecular formula is C18H24O6. The zero-order valence-corrected chi connectivity index (χ0v) is 13.6. The SMILES string of the molecule is C1C2OC2CC2OC2CC2OC2CC2OC2CC2OC2CC2OC12. The van der Waals surface area contributed by atoms with E-state index in [9.17, 15) is 0 Å². The molecule has 7 rings (SSSR count). The van der Waals surface area contributed by atoms with E-state index >= 15 is 0 Å². The van der Waals surface area contributed by atoms with Gasteiger partial charge in [0.1, 0.15) is 0 Å². The molecule has 6 saturated heterocycles. The molecule has 1 saturated carbocycles. The summed E-state index contributed by atoms with van der Waals surface area (Å²) in [5.41, 5.74) is 0. The van der Waals surface area contributed by atoms with Crippen LogP contribution >= 0.6 is 0 Å². The number of fused-ring (bicyclic) bond motifs is 6. The Kier molecular flexibility index (Phi) is 2.74. The van der Waals surface area contributed by atoms with E-state index < -0.39 is 0 Å². The minimum absolute atomic E-state index is 0.394. The molecule has 1 aliphatic carbocycles. The van der Waals surface area contributed by atoms with Crippen molar-refractivity contribution in [3.63, 3.8) is 0 Å². The van der Waals surface area contributed by atoms with Crippen molar-refractivity contribution in [2.75, 3.05) is 0 Å². The topological polar surface area (TPSA) is 75.2 Å². The fourth-order valence-electron chi connectivity index (χ4n) is 4.94. The van der Waals surface area contributed by atoms with Crippen LogP contribution in [0.3, 0.4) is 0 Å². The molecule has 0 spiro atoms. The Bertz CT molecular complexity index is 396. The summed E-state index contributed by atoms with van der Waals surface area (Å²) >= 11 is 0. The number of hydrogen-bond donors (Lipinski definition) is 0. The highest BCUT2D eigenvalue weighted by Crippen LogP contribution is 2.47. The lowest BCUT2D eigenvalue weighted by Gasteiger charge is -1.94. The van der Waals surface area contributed by atoms with Gasteiger partial charge < -0.3 is 28.4 Å². The van der Waals surface area contributed by atoms with Gasteiger partial charge in [-0.2, -0.15) is 0 Å². The zero-order chi connectivity index (χ0) is 15.4. The van der Waals surface area contributed by atoms with Gasteiger partial charge in [0.25, 0.3) is 0 Å². The molecule has 7 fully saturated rings. The van der Waals surface area contributed by atoms with Gasteiger partial charge in [-0.05, 0) is 0 Å². The van der Waals surface area contributed by atoms with Crippen molar-refractivity contribution in [1.82, 2.24) is 0 Å². The van der Waals surface area contributed by atoms with Crippen LogP contribution in [0.5, 0.6) is 0 Å². The van der Waals surface area contributed by atoms with Gasteiger partial charge in [0.2, 0.25) is 0 Å². The Hall–Kier alpha value is -0.240. The summed E-state index contributed by atoms with van der Waals surface area (Å²) < 4.78 is 35.0. The van der Waals surface area contributed by atoms with Crippen molar-refractivity contribution in [2.45, 2.75) is 112 Å². The van der Waals surface area contributed by atoms with Crippen molar-refractivity contribution in [3.8, 4) is 0 Å². The molecule has 6 aliphatic heterocycles. The summed E-state index contributed by atoms with van der Waals surface area (Å²) in [6.45, 7) is 0. The van der Waals surface area contributed by atoms with Crippen LogP contribution in [0.4, 0.5) is 0 Å². The van der Waals surface area contributed by atoms with Crippen molar-refractivity contribution >= 4 is 0 Å². The fraction of sp³-hybridized carbons (Fsp3) is 1.00. The van der Waals surface area contributed by atoms with Crippen LogP contribution in [0.1, 0.15) is 38.5 Å². The minimum Gasteiger partial charge on any atom is -0.369 e. The third kappa shape index (κ3) is 2.63. The van der Waals surface area contributed by atoms with E-state index in [1.807, 2.05) is 0 Å². The Labute approximate surface area is 141 Å². The molecule has 7 aliphatic rings. The highest BCUT2D eigenvalue weighted by atomic mass is 16.6. The lowest BCUT2D eigenvalue weighted by atomic mass is 10.0. The summed E-state index contributed by atoms with van der Waals surface area (Å²) in [4.78, 5) is 0. The van der Waals surface area contributed by atoms with E-state index in [0.29, 0.717) is 73.2 Å². The van der Waals surface area contributed by atoms with Crippen LogP contribution in [-0.4, -0.2) is 73.2 Å². The van der Waals surface area contributed by atoms with Crippen LogP contribution in [-0.2, 0) is 28.4 Å². The molecule has 0 radical (unpaired) electrons. The summed E-state index contributed by atoms with van der Waals surface area (Å²) in [5, 5.41) is 0. The third-order valence-corrected chi connectivity index (χ3v) is 6.91. The average Bonchev–Trinajstić information content (AvgIpc) is 3.37. The van der Waals surface area contributed by atoms with Gasteiger partial charge >= 0.3 is 0 Å². The minimum atomic E-state index is 0.394. The Morgan fingerprint density at radius 3 is 0.500 bits per heavy atom. The maximum Gasteiger partial charge on any atom is 0.0868 e. The van der Waals surface area contributed by atoms with Gasteiger partial charge in [0, 0.05) is 38.5 Å². The van der Waals surface area contributed by atoms with Gasteiger partial charge in [-0.3, -0.25) is 0 Å². The molecule has 132 valence electrons. The Balaban J connectivity index is 0.995. The molecule has 12 atom stereocenters. The fourth-order valence-corrected chi connectivity index (χ4v) is 4.94. The lowest BCUT2D eigenvalue weighted by molar-refractivity contribution is 0.296. The van der Waals surface area contributed by atoms with E-state index in [4.69, 9.17) is 28.4 Å². The quantitative estimate of drug-likeness (QED) is 0.613. The van der Waals surface area contributed by atoms with Crippen molar-refractivity contribution in [1.29, 1.82) is 0 Å². The average molecular weight is 336 g/mol. The molecule has 12 unspecified atom stereocenters. The largest absolute Gasteiger partial charge is 0.369 e. The number of rotatable bonds is 0. The predicted molar refractivity (Wildman–Crippen MR) is 79.7 cm³/mol. The van der Waals surface area contributed by atoms with Gasteiger partial charge in [0.15, 0.2) is 0 Å². The molecule has 6 heterocycles. The molecular weight excluding hydrogens is 312 g/mol. The highest BCUT2D eigenvalue weighted by molar-refractivity contribution is 5.05. The molecule has 0 aromatic heterocycles. The molecule has 24 heavy (non-hydrogen) atoms. The predicted octanol–water partition coefficient (Wildman–Crippen LogP) is 0.945. The summed E-state index contributed by atoms with van der Waals surface area (Å²) in [6, 6.07) is 0. The summed E-state index contributed by atoms with van der Waals surface area (Å²) in [6.07, 6.45) is 11.0. The first-order valence-electron chi connectivity index (χ1n) is 9.73. The van der Waals surface area contributed by atoms with Gasteiger partial charge in [0.05, 0.1) is 73.2 Å². The second kappa shape index (κ2) is 4.72. The number of epoxide rings is 6. The van der Waals surface area contributed by atoms with Crippen LogP contribution < -0.4 is 0 Å². The van der Waals surface area contributed by atoms with Crippen molar-refractivity contribution in [3.05, 3.63) is 0 Å². The second-order valence-electron chi connectivity index (χ2n) is 8.69. The monoisotopic (exact) mass is 336 g/mol. The highest BCUT2D eigenvalue weighted by Gasteiger charge is 2.57. The first-order valence-corrected chi connectivity index (χ1v) is 9.73. The van der Waals surface area contributed by atoms with Crippen molar-refractivity contribution in [2.24, 2.45) is 0 Å². The zero-order valence-electron chi connectivity index (χ0n) is 13.6. The Morgan fingerprint density at radius 1 is 0.250 bits per heavy atom. The maximum absolute atomic E-state index is 5.83. The molecule has 0 aromatic carbocycles. The molecule has 0 aromatic rings. The standard InChI is InChI=1S/C18H24O6/c1-7-9(19-7)2-11-13(21-11)4-15-17(23-15)6-18-16(24-18)5-14-12(22-14)3-10-8(1)20-10/h7-18H,1-6H2. The van der Waals surface area contributed by atoms with Crippen molar-refractivity contribution < 1.29 is 28.4 Å².